The smallest absolute Gasteiger partial charge is 0.320 e. The van der Waals surface area contributed by atoms with Gasteiger partial charge in [0.2, 0.25) is 0 Å². The number of hydrogen-bond acceptors (Lipinski definition) is 4. The van der Waals surface area contributed by atoms with E-state index in [2.05, 4.69) is 0 Å². The highest BCUT2D eigenvalue weighted by atomic mass is 16.4. The molecule has 0 heterocycles. The number of fused-ring (bicyclic) bond motifs is 1. The Morgan fingerprint density at radius 3 is 2.78 bits per heavy atom. The van der Waals surface area contributed by atoms with Crippen LogP contribution in [0.4, 0.5) is 0 Å². The maximum atomic E-state index is 12.1. The lowest BCUT2D eigenvalue weighted by atomic mass is 9.91. The molecule has 0 radical (unpaired) electrons. The maximum Gasteiger partial charge on any atom is 0.320 e. The van der Waals surface area contributed by atoms with Crippen molar-refractivity contribution in [3.05, 3.63) is 34.9 Å². The fourth-order valence-corrected chi connectivity index (χ4v) is 2.39. The van der Waals surface area contributed by atoms with Gasteiger partial charge in [-0.05, 0) is 18.1 Å². The molecule has 4 N–H and O–H groups in total. The Bertz CT molecular complexity index is 526. The topological polar surface area (TPSA) is 101 Å². The average molecular weight is 249 g/mol. The van der Waals surface area contributed by atoms with Crippen molar-refractivity contribution < 1.29 is 19.8 Å². The Hall–Kier alpha value is -1.72. The summed E-state index contributed by atoms with van der Waals surface area (Å²) in [5.74, 6) is -1.65. The number of carboxylic acids is 1. The maximum absolute atomic E-state index is 12.1. The summed E-state index contributed by atoms with van der Waals surface area (Å²) in [6.07, 6.45) is -0.135. The molecule has 2 atom stereocenters. The van der Waals surface area contributed by atoms with Gasteiger partial charge < -0.3 is 15.9 Å². The van der Waals surface area contributed by atoms with Crippen LogP contribution in [0.1, 0.15) is 27.9 Å². The molecule has 1 aliphatic rings. The largest absolute Gasteiger partial charge is 0.480 e. The van der Waals surface area contributed by atoms with Crippen molar-refractivity contribution >= 4 is 11.8 Å². The molecular formula is C13H15NO4. The van der Waals surface area contributed by atoms with Crippen LogP contribution in [0.2, 0.25) is 0 Å². The zero-order chi connectivity index (χ0) is 13.5. The highest BCUT2D eigenvalue weighted by Gasteiger charge is 2.46. The molecule has 0 bridgehead atoms. The Kier molecular flexibility index (Phi) is 2.96. The summed E-state index contributed by atoms with van der Waals surface area (Å²) >= 11 is 0. The molecule has 0 aliphatic heterocycles. The summed E-state index contributed by atoms with van der Waals surface area (Å²) in [4.78, 5) is 22.9. The van der Waals surface area contributed by atoms with Gasteiger partial charge in [0, 0.05) is 18.4 Å². The number of ketones is 1. The Labute approximate surface area is 104 Å². The van der Waals surface area contributed by atoms with Gasteiger partial charge in [0.15, 0.2) is 5.78 Å². The monoisotopic (exact) mass is 249 g/mol. The standard InChI is InChI=1S/C13H15NO4/c1-7-3-2-4-8-9(7)5-13(18,11(8)15)6-10(14)12(16)17/h2-4,10,18H,5-6,14H2,1H3,(H,16,17)/t10-,13+/m0/s1. The molecule has 0 saturated carbocycles. The minimum Gasteiger partial charge on any atom is -0.480 e. The van der Waals surface area contributed by atoms with Gasteiger partial charge in [0.05, 0.1) is 0 Å². The second kappa shape index (κ2) is 4.19. The van der Waals surface area contributed by atoms with Crippen LogP contribution in [-0.2, 0) is 11.2 Å². The number of carbonyl (C=O) groups excluding carboxylic acids is 1. The van der Waals surface area contributed by atoms with Gasteiger partial charge >= 0.3 is 5.97 Å². The fraction of sp³-hybridized carbons (Fsp3) is 0.385. The summed E-state index contributed by atoms with van der Waals surface area (Å²) in [7, 11) is 0. The van der Waals surface area contributed by atoms with Crippen LogP contribution in [0.15, 0.2) is 18.2 Å². The second-order valence-electron chi connectivity index (χ2n) is 4.79. The van der Waals surface area contributed by atoms with Crippen molar-refractivity contribution in [3.63, 3.8) is 0 Å². The number of benzene rings is 1. The highest BCUT2D eigenvalue weighted by Crippen LogP contribution is 2.34. The van der Waals surface area contributed by atoms with E-state index in [0.717, 1.165) is 11.1 Å². The Morgan fingerprint density at radius 1 is 1.56 bits per heavy atom. The molecule has 0 fully saturated rings. The number of carboxylic acid groups (broad SMARTS) is 1. The summed E-state index contributed by atoms with van der Waals surface area (Å²) in [5, 5.41) is 19.1. The summed E-state index contributed by atoms with van der Waals surface area (Å²) in [6.45, 7) is 1.86. The number of carbonyl (C=O) groups is 2. The Balaban J connectivity index is 2.33. The SMILES string of the molecule is Cc1cccc2c1C[C@@](O)(C[C@H](N)C(=O)O)C2=O. The van der Waals surface area contributed by atoms with Crippen LogP contribution in [-0.4, -0.2) is 33.6 Å². The van der Waals surface area contributed by atoms with Crippen LogP contribution >= 0.6 is 0 Å². The van der Waals surface area contributed by atoms with Crippen molar-refractivity contribution in [1.82, 2.24) is 0 Å². The molecule has 0 unspecified atom stereocenters. The van der Waals surface area contributed by atoms with E-state index in [9.17, 15) is 14.7 Å². The predicted octanol–water partition coefficient (Wildman–Crippen LogP) is 0.267. The van der Waals surface area contributed by atoms with Crippen LogP contribution < -0.4 is 5.73 Å². The molecular weight excluding hydrogens is 234 g/mol. The normalized spacial score (nSPS) is 23.8. The van der Waals surface area contributed by atoms with Crippen LogP contribution in [0.25, 0.3) is 0 Å². The Morgan fingerprint density at radius 2 is 2.22 bits per heavy atom. The van der Waals surface area contributed by atoms with E-state index in [0.29, 0.717) is 5.56 Å². The quantitative estimate of drug-likeness (QED) is 0.713. The third-order valence-electron chi connectivity index (χ3n) is 3.42. The molecule has 5 heteroatoms. The van der Waals surface area contributed by atoms with Gasteiger partial charge in [-0.2, -0.15) is 0 Å². The number of Topliss-reactive ketones (excluding diaryl/α,β-unsaturated/α-hetero) is 1. The number of rotatable bonds is 3. The van der Waals surface area contributed by atoms with Crippen LogP contribution in [0.5, 0.6) is 0 Å². The van der Waals surface area contributed by atoms with Gasteiger partial charge in [-0.1, -0.05) is 18.2 Å². The third-order valence-corrected chi connectivity index (χ3v) is 3.42. The predicted molar refractivity (Wildman–Crippen MR) is 64.4 cm³/mol. The zero-order valence-electron chi connectivity index (χ0n) is 10.0. The van der Waals surface area contributed by atoms with Gasteiger partial charge in [0.1, 0.15) is 11.6 Å². The van der Waals surface area contributed by atoms with E-state index in [1.54, 1.807) is 12.1 Å². The van der Waals surface area contributed by atoms with Crippen molar-refractivity contribution in [2.75, 3.05) is 0 Å². The van der Waals surface area contributed by atoms with E-state index < -0.39 is 23.4 Å². The first kappa shape index (κ1) is 12.7. The van der Waals surface area contributed by atoms with E-state index in [1.165, 1.54) is 0 Å². The summed E-state index contributed by atoms with van der Waals surface area (Å²) in [6, 6.07) is 4.01. The van der Waals surface area contributed by atoms with Crippen LogP contribution in [0, 0.1) is 6.92 Å². The van der Waals surface area contributed by atoms with Crippen molar-refractivity contribution in [1.29, 1.82) is 0 Å². The number of aliphatic carboxylic acids is 1. The number of nitrogens with two attached hydrogens (primary N) is 1. The lowest BCUT2D eigenvalue weighted by molar-refractivity contribution is -0.139. The molecule has 5 nitrogen and oxygen atoms in total. The van der Waals surface area contributed by atoms with E-state index in [1.807, 2.05) is 13.0 Å². The number of hydrogen-bond donors (Lipinski definition) is 3. The van der Waals surface area contributed by atoms with Crippen molar-refractivity contribution in [2.24, 2.45) is 5.73 Å². The lowest BCUT2D eigenvalue weighted by Crippen LogP contribution is -2.45. The average Bonchev–Trinajstić information content (AvgIpc) is 2.54. The molecule has 0 saturated heterocycles. The third kappa shape index (κ3) is 1.91. The minimum absolute atomic E-state index is 0.134. The second-order valence-corrected chi connectivity index (χ2v) is 4.79. The molecule has 96 valence electrons. The van der Waals surface area contributed by atoms with Crippen molar-refractivity contribution in [2.45, 2.75) is 31.4 Å². The first-order chi connectivity index (χ1) is 8.35. The summed E-state index contributed by atoms with van der Waals surface area (Å²) in [5.41, 5.74) is 5.88. The first-order valence-electron chi connectivity index (χ1n) is 5.69. The van der Waals surface area contributed by atoms with Crippen molar-refractivity contribution in [3.8, 4) is 0 Å². The molecule has 2 rings (SSSR count). The molecule has 1 aliphatic carbocycles. The molecule has 1 aromatic rings. The van der Waals surface area contributed by atoms with Gasteiger partial charge in [-0.25, -0.2) is 0 Å². The molecule has 18 heavy (non-hydrogen) atoms. The molecule has 0 amide bonds. The fourth-order valence-electron chi connectivity index (χ4n) is 2.39. The van der Waals surface area contributed by atoms with Gasteiger partial charge in [-0.3, -0.25) is 9.59 Å². The molecule has 1 aromatic carbocycles. The van der Waals surface area contributed by atoms with E-state index in [-0.39, 0.29) is 12.8 Å². The van der Waals surface area contributed by atoms with E-state index in [4.69, 9.17) is 10.8 Å². The highest BCUT2D eigenvalue weighted by molar-refractivity contribution is 6.07. The lowest BCUT2D eigenvalue weighted by Gasteiger charge is -2.22. The minimum atomic E-state index is -1.69. The summed E-state index contributed by atoms with van der Waals surface area (Å²) < 4.78 is 0. The molecule has 0 aromatic heterocycles. The first-order valence-corrected chi connectivity index (χ1v) is 5.69. The van der Waals surface area contributed by atoms with E-state index >= 15 is 0 Å². The van der Waals surface area contributed by atoms with Gasteiger partial charge in [-0.15, -0.1) is 0 Å². The van der Waals surface area contributed by atoms with Gasteiger partial charge in [0.25, 0.3) is 0 Å². The molecule has 0 spiro atoms. The number of aryl methyl sites for hydroxylation is 1. The van der Waals surface area contributed by atoms with Crippen LogP contribution in [0.3, 0.4) is 0 Å². The zero-order valence-corrected chi connectivity index (χ0v) is 10.0. The number of aliphatic hydroxyl groups is 1.